The van der Waals surface area contributed by atoms with Crippen LogP contribution in [0.3, 0.4) is 0 Å². The van der Waals surface area contributed by atoms with Crippen molar-refractivity contribution in [2.24, 2.45) is 17.8 Å². The number of hydrogen-bond donors (Lipinski definition) is 0. The summed E-state index contributed by atoms with van der Waals surface area (Å²) in [6.45, 7) is 16.1. The van der Waals surface area contributed by atoms with E-state index in [1.165, 1.54) is 38.5 Å². The normalized spacial score (nSPS) is 34.1. The van der Waals surface area contributed by atoms with Crippen LogP contribution >= 0.6 is 0 Å². The summed E-state index contributed by atoms with van der Waals surface area (Å²) in [4.78, 5) is 0. The molecule has 6 unspecified atom stereocenters. The Bertz CT molecular complexity index is 207. The third-order valence-corrected chi connectivity index (χ3v) is 5.19. The average Bonchev–Trinajstić information content (AvgIpc) is 2.57. The fourth-order valence-electron chi connectivity index (χ4n) is 3.04. The predicted molar refractivity (Wildman–Crippen MR) is 128 cm³/mol. The zero-order valence-corrected chi connectivity index (χ0v) is 17.1. The van der Waals surface area contributed by atoms with Crippen molar-refractivity contribution in [2.75, 3.05) is 19.8 Å². The van der Waals surface area contributed by atoms with Gasteiger partial charge in [-0.15, -0.1) is 0 Å². The first kappa shape index (κ1) is 35.3. The van der Waals surface area contributed by atoms with E-state index < -0.39 is 0 Å². The van der Waals surface area contributed by atoms with Crippen molar-refractivity contribution in [3.8, 4) is 0 Å². The minimum atomic E-state index is 0. The summed E-state index contributed by atoms with van der Waals surface area (Å²) < 4.78 is 16.2. The van der Waals surface area contributed by atoms with E-state index in [1.54, 1.807) is 0 Å². The van der Waals surface area contributed by atoms with Crippen molar-refractivity contribution in [1.29, 1.82) is 0 Å². The van der Waals surface area contributed by atoms with E-state index in [-0.39, 0.29) is 29.7 Å². The number of hydrogen-bond acceptors (Lipinski definition) is 3. The van der Waals surface area contributed by atoms with E-state index in [0.717, 1.165) is 37.6 Å². The van der Waals surface area contributed by atoms with Gasteiger partial charge in [-0.3, -0.25) is 0 Å². The van der Waals surface area contributed by atoms with Crippen LogP contribution < -0.4 is 0 Å². The topological polar surface area (TPSA) is 27.7 Å². The Hall–Kier alpha value is -0.120. The molecule has 3 saturated heterocycles. The van der Waals surface area contributed by atoms with Gasteiger partial charge in [-0.2, -0.15) is 0 Å². The van der Waals surface area contributed by atoms with Crippen molar-refractivity contribution in [2.45, 2.75) is 128 Å². The van der Waals surface area contributed by atoms with E-state index in [9.17, 15) is 0 Å². The van der Waals surface area contributed by atoms with Gasteiger partial charge in [0.15, 0.2) is 0 Å². The highest BCUT2D eigenvalue weighted by Gasteiger charge is 2.14. The Labute approximate surface area is 180 Å². The molecule has 3 aliphatic rings. The summed E-state index contributed by atoms with van der Waals surface area (Å²) >= 11 is 0. The Balaban J connectivity index is -0.000000144. The van der Waals surface area contributed by atoms with Crippen molar-refractivity contribution in [3.05, 3.63) is 0 Å². The van der Waals surface area contributed by atoms with Gasteiger partial charge in [-0.05, 0) is 77.0 Å². The maximum Gasteiger partial charge on any atom is 0.0547 e. The van der Waals surface area contributed by atoms with Crippen LogP contribution in [0.5, 0.6) is 0 Å². The van der Waals surface area contributed by atoms with Gasteiger partial charge in [0.2, 0.25) is 0 Å². The zero-order valence-electron chi connectivity index (χ0n) is 17.1. The maximum atomic E-state index is 5.39. The van der Waals surface area contributed by atoms with Crippen LogP contribution in [0.1, 0.15) is 110 Å². The van der Waals surface area contributed by atoms with E-state index in [4.69, 9.17) is 14.2 Å². The molecule has 0 aliphatic carbocycles. The molecule has 3 nitrogen and oxygen atoms in total. The van der Waals surface area contributed by atoms with Crippen LogP contribution in [0, 0.1) is 17.8 Å². The van der Waals surface area contributed by atoms with Crippen LogP contribution in [-0.2, 0) is 14.2 Å². The largest absolute Gasteiger partial charge is 0.378 e. The third-order valence-electron chi connectivity index (χ3n) is 5.19. The molecule has 28 heavy (non-hydrogen) atoms. The predicted octanol–water partition coefficient (Wildman–Crippen LogP) is 8.01. The quantitative estimate of drug-likeness (QED) is 0.407. The summed E-state index contributed by atoms with van der Waals surface area (Å²) in [5, 5.41) is 0. The van der Waals surface area contributed by atoms with Gasteiger partial charge in [0, 0.05) is 19.8 Å². The number of rotatable bonds is 0. The molecule has 0 radical (unpaired) electrons. The van der Waals surface area contributed by atoms with E-state index in [2.05, 4.69) is 41.5 Å². The monoisotopic (exact) mass is 406 g/mol. The first-order valence-electron chi connectivity index (χ1n) is 10.2. The highest BCUT2D eigenvalue weighted by molar-refractivity contribution is 4.64. The van der Waals surface area contributed by atoms with E-state index in [1.807, 2.05) is 0 Å². The molecule has 3 heteroatoms. The van der Waals surface area contributed by atoms with E-state index >= 15 is 0 Å². The van der Waals surface area contributed by atoms with Gasteiger partial charge in [-0.25, -0.2) is 0 Å². The molecule has 176 valence electrons. The van der Waals surface area contributed by atoms with Crippen molar-refractivity contribution < 1.29 is 14.2 Å². The molecule has 3 heterocycles. The Morgan fingerprint density at radius 2 is 0.607 bits per heavy atom. The summed E-state index contributed by atoms with van der Waals surface area (Å²) in [6, 6.07) is 0. The summed E-state index contributed by atoms with van der Waals surface area (Å²) in [6.07, 6.45) is 9.36. The molecule has 0 bridgehead atoms. The molecular formula is C25H58O3. The van der Waals surface area contributed by atoms with Gasteiger partial charge in [0.25, 0.3) is 0 Å². The first-order valence-corrected chi connectivity index (χ1v) is 10.2. The lowest BCUT2D eigenvalue weighted by atomic mass is 10.0. The third kappa shape index (κ3) is 17.9. The smallest absolute Gasteiger partial charge is 0.0547 e. The molecule has 6 atom stereocenters. The fourth-order valence-corrected chi connectivity index (χ4v) is 3.04. The van der Waals surface area contributed by atoms with Crippen LogP contribution in [0.2, 0.25) is 0 Å². The Kier molecular flexibility index (Phi) is 25.4. The van der Waals surface area contributed by atoms with Crippen molar-refractivity contribution in [1.82, 2.24) is 0 Å². The molecule has 3 fully saturated rings. The van der Waals surface area contributed by atoms with Crippen molar-refractivity contribution in [3.63, 3.8) is 0 Å². The maximum absolute atomic E-state index is 5.39. The minimum Gasteiger partial charge on any atom is -0.378 e. The lowest BCUT2D eigenvalue weighted by Crippen LogP contribution is -2.21. The highest BCUT2D eigenvalue weighted by atomic mass is 16.5. The molecule has 3 rings (SSSR count). The van der Waals surface area contributed by atoms with Crippen molar-refractivity contribution >= 4 is 0 Å². The van der Waals surface area contributed by atoms with Crippen LogP contribution in [0.15, 0.2) is 0 Å². The molecule has 0 saturated carbocycles. The van der Waals surface area contributed by atoms with Gasteiger partial charge < -0.3 is 14.2 Å². The fraction of sp³-hybridized carbons (Fsp3) is 1.00. The van der Waals surface area contributed by atoms with Crippen LogP contribution in [0.25, 0.3) is 0 Å². The molecule has 0 spiro atoms. The van der Waals surface area contributed by atoms with Gasteiger partial charge in [0.1, 0.15) is 0 Å². The molecule has 0 aromatic carbocycles. The molecule has 0 N–H and O–H groups in total. The number of ether oxygens (including phenoxy) is 3. The van der Waals surface area contributed by atoms with Gasteiger partial charge >= 0.3 is 0 Å². The van der Waals surface area contributed by atoms with Gasteiger partial charge in [0.05, 0.1) is 18.3 Å². The summed E-state index contributed by atoms with van der Waals surface area (Å²) in [5.74, 6) is 2.39. The highest BCUT2D eigenvalue weighted by Crippen LogP contribution is 2.18. The summed E-state index contributed by atoms with van der Waals surface area (Å²) in [7, 11) is 0. The van der Waals surface area contributed by atoms with Crippen LogP contribution in [0.4, 0.5) is 0 Å². The molecule has 0 aromatic rings. The Morgan fingerprint density at radius 1 is 0.393 bits per heavy atom. The SMILES string of the molecule is C.C.C.C.CC1CCC(C)OC1.CC1CCC(C)OC1.CC1CCC(C)OC1. The van der Waals surface area contributed by atoms with Gasteiger partial charge in [-0.1, -0.05) is 50.5 Å². The Morgan fingerprint density at radius 3 is 0.714 bits per heavy atom. The molecular weight excluding hydrogens is 348 g/mol. The minimum absolute atomic E-state index is 0. The standard InChI is InChI=1S/3C7H14O.4CH4/c3*1-6-3-4-7(2)8-5-6;;;;/h3*6-7H,3-5H2,1-2H3;4*1H4. The van der Waals surface area contributed by atoms with Crippen LogP contribution in [-0.4, -0.2) is 38.1 Å². The second-order valence-corrected chi connectivity index (χ2v) is 8.48. The molecule has 0 amide bonds. The molecule has 3 aliphatic heterocycles. The summed E-state index contributed by atoms with van der Waals surface area (Å²) in [5.41, 5.74) is 0. The lowest BCUT2D eigenvalue weighted by Gasteiger charge is -2.23. The molecule has 0 aromatic heterocycles. The zero-order chi connectivity index (χ0) is 17.9. The average molecular weight is 407 g/mol. The van der Waals surface area contributed by atoms with E-state index in [0.29, 0.717) is 18.3 Å². The second kappa shape index (κ2) is 20.2. The first-order chi connectivity index (χ1) is 11.4. The lowest BCUT2D eigenvalue weighted by molar-refractivity contribution is 0.000174. The second-order valence-electron chi connectivity index (χ2n) is 8.48.